The number of rotatable bonds is 5. The van der Waals surface area contributed by atoms with Crippen molar-refractivity contribution < 1.29 is 4.79 Å². The van der Waals surface area contributed by atoms with Crippen molar-refractivity contribution in [1.82, 2.24) is 0 Å². The molecule has 0 unspecified atom stereocenters. The lowest BCUT2D eigenvalue weighted by atomic mass is 10.3. The lowest BCUT2D eigenvalue weighted by Gasteiger charge is -2.20. The summed E-state index contributed by atoms with van der Waals surface area (Å²) in [5, 5.41) is 1.14. The van der Waals surface area contributed by atoms with Crippen molar-refractivity contribution in [2.24, 2.45) is 5.92 Å². The summed E-state index contributed by atoms with van der Waals surface area (Å²) in [6, 6.07) is 1.94. The lowest BCUT2D eigenvalue weighted by molar-refractivity contribution is 0.102. The molecular weight excluding hydrogens is 220 g/mol. The molecule has 3 nitrogen and oxygen atoms in total. The van der Waals surface area contributed by atoms with E-state index in [0.717, 1.165) is 24.0 Å². The molecule has 0 atom stereocenters. The first-order chi connectivity index (χ1) is 7.61. The van der Waals surface area contributed by atoms with Gasteiger partial charge in [0.05, 0.1) is 15.6 Å². The molecule has 0 saturated heterocycles. The van der Waals surface area contributed by atoms with Crippen molar-refractivity contribution in [3.8, 4) is 0 Å². The standard InChI is InChI=1S/C12H18N2OS/c1-3-14(7-9-4-5-9)11-6-10(13)12(16-11)8(2)15/h6,9H,3-5,7,13H2,1-2H3. The van der Waals surface area contributed by atoms with Gasteiger partial charge in [-0.05, 0) is 31.7 Å². The summed E-state index contributed by atoms with van der Waals surface area (Å²) >= 11 is 1.52. The van der Waals surface area contributed by atoms with Gasteiger partial charge in [-0.1, -0.05) is 0 Å². The molecule has 1 aliphatic rings. The minimum atomic E-state index is 0.0659. The Balaban J connectivity index is 2.16. The summed E-state index contributed by atoms with van der Waals surface area (Å²) in [5.74, 6) is 0.917. The van der Waals surface area contributed by atoms with Crippen LogP contribution >= 0.6 is 11.3 Å². The third-order valence-electron chi connectivity index (χ3n) is 2.94. The summed E-state index contributed by atoms with van der Waals surface area (Å²) in [6.07, 6.45) is 2.69. The van der Waals surface area contributed by atoms with Crippen molar-refractivity contribution >= 4 is 27.8 Å². The van der Waals surface area contributed by atoms with Crippen molar-refractivity contribution in [2.45, 2.75) is 26.7 Å². The molecule has 16 heavy (non-hydrogen) atoms. The van der Waals surface area contributed by atoms with Gasteiger partial charge >= 0.3 is 0 Å². The number of carbonyl (C=O) groups is 1. The molecule has 0 spiro atoms. The second kappa shape index (κ2) is 4.45. The van der Waals surface area contributed by atoms with Crippen molar-refractivity contribution in [1.29, 1.82) is 0 Å². The Morgan fingerprint density at radius 3 is 2.75 bits per heavy atom. The summed E-state index contributed by atoms with van der Waals surface area (Å²) in [5.41, 5.74) is 6.47. The molecule has 1 aromatic heterocycles. The minimum Gasteiger partial charge on any atom is -0.397 e. The molecule has 1 saturated carbocycles. The van der Waals surface area contributed by atoms with E-state index in [-0.39, 0.29) is 5.78 Å². The normalized spacial score (nSPS) is 15.1. The zero-order valence-electron chi connectivity index (χ0n) is 9.82. The number of ketones is 1. The van der Waals surface area contributed by atoms with Crippen LogP contribution in [0.5, 0.6) is 0 Å². The molecule has 4 heteroatoms. The Bertz CT molecular complexity index is 396. The average Bonchev–Trinajstić information content (AvgIpc) is 2.97. The number of carbonyl (C=O) groups excluding carboxylic acids is 1. The fraction of sp³-hybridized carbons (Fsp3) is 0.583. The van der Waals surface area contributed by atoms with E-state index in [1.54, 1.807) is 6.92 Å². The summed E-state index contributed by atoms with van der Waals surface area (Å²) < 4.78 is 0. The van der Waals surface area contributed by atoms with E-state index in [9.17, 15) is 4.79 Å². The van der Waals surface area contributed by atoms with E-state index in [2.05, 4.69) is 11.8 Å². The van der Waals surface area contributed by atoms with Gasteiger partial charge in [-0.2, -0.15) is 0 Å². The van der Waals surface area contributed by atoms with Crippen molar-refractivity contribution in [3.63, 3.8) is 0 Å². The fourth-order valence-electron chi connectivity index (χ4n) is 1.81. The van der Waals surface area contributed by atoms with Crippen LogP contribution in [0.4, 0.5) is 10.7 Å². The van der Waals surface area contributed by atoms with Crippen LogP contribution in [0, 0.1) is 5.92 Å². The quantitative estimate of drug-likeness (QED) is 0.802. The Morgan fingerprint density at radius 2 is 2.31 bits per heavy atom. The molecule has 1 heterocycles. The first-order valence-corrected chi connectivity index (χ1v) is 6.58. The zero-order valence-corrected chi connectivity index (χ0v) is 10.6. The first-order valence-electron chi connectivity index (χ1n) is 5.77. The van der Waals surface area contributed by atoms with Crippen LogP contribution in [0.25, 0.3) is 0 Å². The molecule has 1 aliphatic carbocycles. The summed E-state index contributed by atoms with van der Waals surface area (Å²) in [7, 11) is 0. The number of thiophene rings is 1. The number of nitrogens with zero attached hydrogens (tertiary/aromatic N) is 1. The van der Waals surface area contributed by atoms with E-state index in [1.807, 2.05) is 6.07 Å². The molecule has 0 amide bonds. The van der Waals surface area contributed by atoms with Crippen LogP contribution < -0.4 is 10.6 Å². The van der Waals surface area contributed by atoms with E-state index in [0.29, 0.717) is 10.6 Å². The van der Waals surface area contributed by atoms with Gasteiger partial charge in [-0.15, -0.1) is 11.3 Å². The lowest BCUT2D eigenvalue weighted by Crippen LogP contribution is -2.24. The molecule has 1 fully saturated rings. The van der Waals surface area contributed by atoms with Crippen LogP contribution in [-0.4, -0.2) is 18.9 Å². The Hall–Kier alpha value is -1.03. The highest BCUT2D eigenvalue weighted by molar-refractivity contribution is 7.18. The van der Waals surface area contributed by atoms with Gasteiger partial charge in [0.2, 0.25) is 0 Å². The first kappa shape index (κ1) is 11.5. The van der Waals surface area contributed by atoms with Crippen LogP contribution in [-0.2, 0) is 0 Å². The predicted octanol–water partition coefficient (Wildman–Crippen LogP) is 2.77. The molecule has 2 rings (SSSR count). The van der Waals surface area contributed by atoms with E-state index < -0.39 is 0 Å². The van der Waals surface area contributed by atoms with Crippen LogP contribution in [0.2, 0.25) is 0 Å². The summed E-state index contributed by atoms with van der Waals surface area (Å²) in [4.78, 5) is 14.4. The number of anilines is 2. The second-order valence-corrected chi connectivity index (χ2v) is 5.44. The van der Waals surface area contributed by atoms with Gasteiger partial charge in [0, 0.05) is 20.0 Å². The summed E-state index contributed by atoms with van der Waals surface area (Å²) in [6.45, 7) is 5.80. The molecule has 88 valence electrons. The Kier molecular flexibility index (Phi) is 3.19. The number of hydrogen-bond donors (Lipinski definition) is 1. The molecule has 0 bridgehead atoms. The number of hydrogen-bond acceptors (Lipinski definition) is 4. The topological polar surface area (TPSA) is 46.3 Å². The Morgan fingerprint density at radius 1 is 1.62 bits per heavy atom. The van der Waals surface area contributed by atoms with Gasteiger partial charge in [0.25, 0.3) is 0 Å². The monoisotopic (exact) mass is 238 g/mol. The van der Waals surface area contributed by atoms with Gasteiger partial charge in [0.1, 0.15) is 0 Å². The zero-order chi connectivity index (χ0) is 11.7. The third kappa shape index (κ3) is 2.38. The predicted molar refractivity (Wildman–Crippen MR) is 69.3 cm³/mol. The van der Waals surface area contributed by atoms with Crippen molar-refractivity contribution in [3.05, 3.63) is 10.9 Å². The maximum Gasteiger partial charge on any atom is 0.171 e. The molecular formula is C12H18N2OS. The fourth-order valence-corrected chi connectivity index (χ4v) is 2.86. The highest BCUT2D eigenvalue weighted by Crippen LogP contribution is 2.36. The van der Waals surface area contributed by atoms with Gasteiger partial charge < -0.3 is 10.6 Å². The molecule has 0 radical (unpaired) electrons. The maximum absolute atomic E-state index is 11.3. The minimum absolute atomic E-state index is 0.0659. The number of nitrogens with two attached hydrogens (primary N) is 1. The highest BCUT2D eigenvalue weighted by atomic mass is 32.1. The molecule has 0 aromatic carbocycles. The molecule has 2 N–H and O–H groups in total. The molecule has 1 aromatic rings. The van der Waals surface area contributed by atoms with Gasteiger partial charge in [-0.3, -0.25) is 4.79 Å². The van der Waals surface area contributed by atoms with Crippen LogP contribution in [0.3, 0.4) is 0 Å². The van der Waals surface area contributed by atoms with Crippen molar-refractivity contribution in [2.75, 3.05) is 23.7 Å². The van der Waals surface area contributed by atoms with Gasteiger partial charge in [0.15, 0.2) is 5.78 Å². The number of Topliss-reactive ketones (excluding diaryl/α,β-unsaturated/α-hetero) is 1. The van der Waals surface area contributed by atoms with Crippen LogP contribution in [0.15, 0.2) is 6.07 Å². The van der Waals surface area contributed by atoms with E-state index >= 15 is 0 Å². The SMILES string of the molecule is CCN(CC1CC1)c1cc(N)c(C(C)=O)s1. The maximum atomic E-state index is 11.3. The average molecular weight is 238 g/mol. The second-order valence-electron chi connectivity index (χ2n) is 4.41. The van der Waals surface area contributed by atoms with Crippen LogP contribution in [0.1, 0.15) is 36.4 Å². The third-order valence-corrected chi connectivity index (χ3v) is 4.25. The number of nitrogen functional groups attached to an aromatic ring is 1. The van der Waals surface area contributed by atoms with Gasteiger partial charge in [-0.25, -0.2) is 0 Å². The highest BCUT2D eigenvalue weighted by Gasteiger charge is 2.25. The van der Waals surface area contributed by atoms with E-state index in [4.69, 9.17) is 5.73 Å². The van der Waals surface area contributed by atoms with E-state index in [1.165, 1.54) is 24.2 Å². The largest absolute Gasteiger partial charge is 0.397 e. The Labute approximate surface area is 100 Å². The smallest absolute Gasteiger partial charge is 0.171 e. The molecule has 0 aliphatic heterocycles.